The fourth-order valence-electron chi connectivity index (χ4n) is 1.85. The number of H-pyrrole nitrogens is 1. The Balaban J connectivity index is 2.44. The van der Waals surface area contributed by atoms with Gasteiger partial charge in [-0.15, -0.1) is 0 Å². The topological polar surface area (TPSA) is 126 Å². The molecule has 0 saturated carbocycles. The zero-order valence-electron chi connectivity index (χ0n) is 11.0. The molecule has 2 rings (SSSR count). The average Bonchev–Trinajstić information content (AvgIpc) is 2.42. The maximum atomic E-state index is 11.9. The number of aromatic amines is 1. The van der Waals surface area contributed by atoms with Crippen LogP contribution in [0.25, 0.3) is 11.4 Å². The number of nitrogens with one attached hydrogen (secondary N) is 1. The number of hydrogen-bond donors (Lipinski definition) is 2. The molecule has 0 amide bonds. The first-order valence-electron chi connectivity index (χ1n) is 5.95. The molecule has 0 atom stereocenters. The van der Waals surface area contributed by atoms with Crippen LogP contribution in [0.15, 0.2) is 29.1 Å². The second-order valence-electron chi connectivity index (χ2n) is 4.35. The third-order valence-corrected chi connectivity index (χ3v) is 2.90. The van der Waals surface area contributed by atoms with Gasteiger partial charge in [-0.2, -0.15) is 0 Å². The van der Waals surface area contributed by atoms with Gasteiger partial charge in [0.05, 0.1) is 11.3 Å². The molecule has 0 unspecified atom stereocenters. The van der Waals surface area contributed by atoms with Crippen molar-refractivity contribution >= 4 is 11.7 Å². The SMILES string of the molecule is Cc1nc(-c2ccc([N+](=O)[O-])cc2)[nH]c(=O)c1CC(=O)O. The smallest absolute Gasteiger partial charge is 0.308 e. The van der Waals surface area contributed by atoms with Crippen molar-refractivity contribution in [1.82, 2.24) is 9.97 Å². The van der Waals surface area contributed by atoms with Crippen LogP contribution in [0.3, 0.4) is 0 Å². The molecule has 1 heterocycles. The van der Waals surface area contributed by atoms with Crippen molar-refractivity contribution in [2.75, 3.05) is 0 Å². The molecule has 8 nitrogen and oxygen atoms in total. The fraction of sp³-hybridized carbons (Fsp3) is 0.154. The van der Waals surface area contributed by atoms with Crippen molar-refractivity contribution in [3.05, 3.63) is 56.0 Å². The molecule has 1 aromatic heterocycles. The van der Waals surface area contributed by atoms with Crippen molar-refractivity contribution in [2.45, 2.75) is 13.3 Å². The van der Waals surface area contributed by atoms with E-state index in [4.69, 9.17) is 5.11 Å². The Kier molecular flexibility index (Phi) is 3.79. The molecule has 2 aromatic rings. The zero-order valence-corrected chi connectivity index (χ0v) is 11.0. The van der Waals surface area contributed by atoms with Gasteiger partial charge in [-0.25, -0.2) is 4.98 Å². The number of non-ortho nitro benzene ring substituents is 1. The van der Waals surface area contributed by atoms with E-state index < -0.39 is 22.9 Å². The number of hydrogen-bond acceptors (Lipinski definition) is 5. The molecule has 0 saturated heterocycles. The van der Waals surface area contributed by atoms with Crippen LogP contribution >= 0.6 is 0 Å². The Bertz CT molecular complexity index is 764. The molecule has 0 bridgehead atoms. The van der Waals surface area contributed by atoms with Crippen LogP contribution in [0.2, 0.25) is 0 Å². The minimum Gasteiger partial charge on any atom is -0.481 e. The predicted octanol–water partition coefficient (Wildman–Crippen LogP) is 1.28. The number of aryl methyl sites for hydroxylation is 1. The summed E-state index contributed by atoms with van der Waals surface area (Å²) in [5.74, 6) is -0.880. The number of nitro benzene ring substituents is 1. The van der Waals surface area contributed by atoms with Gasteiger partial charge in [0, 0.05) is 29.0 Å². The lowest BCUT2D eigenvalue weighted by Gasteiger charge is -2.05. The number of carboxylic acid groups (broad SMARTS) is 1. The van der Waals surface area contributed by atoms with E-state index >= 15 is 0 Å². The number of benzene rings is 1. The van der Waals surface area contributed by atoms with E-state index in [1.54, 1.807) is 6.92 Å². The Hall–Kier alpha value is -3.03. The molecule has 108 valence electrons. The van der Waals surface area contributed by atoms with Crippen molar-refractivity contribution < 1.29 is 14.8 Å². The number of carbonyl (C=O) groups is 1. The summed E-state index contributed by atoms with van der Waals surface area (Å²) in [6, 6.07) is 5.53. The van der Waals surface area contributed by atoms with Crippen molar-refractivity contribution in [3.63, 3.8) is 0 Å². The van der Waals surface area contributed by atoms with E-state index in [2.05, 4.69) is 9.97 Å². The summed E-state index contributed by atoms with van der Waals surface area (Å²) >= 11 is 0. The fourth-order valence-corrected chi connectivity index (χ4v) is 1.85. The van der Waals surface area contributed by atoms with Gasteiger partial charge in [-0.05, 0) is 19.1 Å². The summed E-state index contributed by atoms with van der Waals surface area (Å²) in [7, 11) is 0. The third-order valence-electron chi connectivity index (χ3n) is 2.90. The standard InChI is InChI=1S/C13H11N3O5/c1-7-10(6-11(17)18)13(19)15-12(14-7)8-2-4-9(5-3-8)16(20)21/h2-5H,6H2,1H3,(H,17,18)(H,14,15,19). The molecular weight excluding hydrogens is 278 g/mol. The van der Waals surface area contributed by atoms with Crippen molar-refractivity contribution in [2.24, 2.45) is 0 Å². The van der Waals surface area contributed by atoms with Gasteiger partial charge in [0.2, 0.25) is 0 Å². The highest BCUT2D eigenvalue weighted by molar-refractivity contribution is 5.70. The Morgan fingerprint density at radius 1 is 1.38 bits per heavy atom. The summed E-state index contributed by atoms with van der Waals surface area (Å²) in [5.41, 5.74) is 0.309. The lowest BCUT2D eigenvalue weighted by molar-refractivity contribution is -0.384. The molecule has 8 heteroatoms. The van der Waals surface area contributed by atoms with Crippen LogP contribution in [0.5, 0.6) is 0 Å². The molecule has 0 aliphatic rings. The molecule has 0 aliphatic carbocycles. The second kappa shape index (κ2) is 5.53. The quantitative estimate of drug-likeness (QED) is 0.645. The van der Waals surface area contributed by atoms with Crippen LogP contribution in [0, 0.1) is 17.0 Å². The first kappa shape index (κ1) is 14.4. The van der Waals surface area contributed by atoms with E-state index in [0.717, 1.165) is 0 Å². The first-order valence-corrected chi connectivity index (χ1v) is 5.95. The summed E-state index contributed by atoms with van der Waals surface area (Å²) in [4.78, 5) is 39.2. The molecule has 0 fully saturated rings. The van der Waals surface area contributed by atoms with Gasteiger partial charge in [-0.1, -0.05) is 0 Å². The maximum absolute atomic E-state index is 11.9. The molecule has 0 radical (unpaired) electrons. The number of carboxylic acids is 1. The number of aliphatic carboxylic acids is 1. The van der Waals surface area contributed by atoms with Gasteiger partial charge in [0.25, 0.3) is 11.2 Å². The minimum absolute atomic E-state index is 0.0692. The minimum atomic E-state index is -1.12. The lowest BCUT2D eigenvalue weighted by Crippen LogP contribution is -2.20. The molecule has 0 aliphatic heterocycles. The number of rotatable bonds is 4. The van der Waals surface area contributed by atoms with Crippen LogP contribution in [0.4, 0.5) is 5.69 Å². The Morgan fingerprint density at radius 3 is 2.48 bits per heavy atom. The van der Waals surface area contributed by atoms with Gasteiger partial charge in [0.15, 0.2) is 0 Å². The van der Waals surface area contributed by atoms with Gasteiger partial charge in [-0.3, -0.25) is 19.7 Å². The molecule has 21 heavy (non-hydrogen) atoms. The highest BCUT2D eigenvalue weighted by Gasteiger charge is 2.13. The molecule has 2 N–H and O–H groups in total. The summed E-state index contributed by atoms with van der Waals surface area (Å²) in [6.45, 7) is 1.54. The van der Waals surface area contributed by atoms with Gasteiger partial charge in [0.1, 0.15) is 5.82 Å². The molecule has 0 spiro atoms. The van der Waals surface area contributed by atoms with Crippen LogP contribution < -0.4 is 5.56 Å². The zero-order chi connectivity index (χ0) is 15.6. The van der Waals surface area contributed by atoms with E-state index in [1.807, 2.05) is 0 Å². The Labute approximate surface area is 118 Å². The number of nitro groups is 1. The van der Waals surface area contributed by atoms with E-state index in [-0.39, 0.29) is 17.1 Å². The lowest BCUT2D eigenvalue weighted by atomic mass is 10.1. The molecular formula is C13H11N3O5. The van der Waals surface area contributed by atoms with Gasteiger partial charge >= 0.3 is 5.97 Å². The highest BCUT2D eigenvalue weighted by Crippen LogP contribution is 2.19. The van der Waals surface area contributed by atoms with Crippen LogP contribution in [0.1, 0.15) is 11.3 Å². The van der Waals surface area contributed by atoms with E-state index in [0.29, 0.717) is 11.3 Å². The maximum Gasteiger partial charge on any atom is 0.308 e. The highest BCUT2D eigenvalue weighted by atomic mass is 16.6. The predicted molar refractivity (Wildman–Crippen MR) is 73.0 cm³/mol. The van der Waals surface area contributed by atoms with E-state index in [9.17, 15) is 19.7 Å². The molecule has 1 aromatic carbocycles. The van der Waals surface area contributed by atoms with Gasteiger partial charge < -0.3 is 10.1 Å². The largest absolute Gasteiger partial charge is 0.481 e. The Morgan fingerprint density at radius 2 is 2.00 bits per heavy atom. The normalized spacial score (nSPS) is 10.3. The van der Waals surface area contributed by atoms with Crippen LogP contribution in [-0.2, 0) is 11.2 Å². The average molecular weight is 289 g/mol. The summed E-state index contributed by atoms with van der Waals surface area (Å²) in [5, 5.41) is 19.3. The van der Waals surface area contributed by atoms with Crippen molar-refractivity contribution in [1.29, 1.82) is 0 Å². The van der Waals surface area contributed by atoms with Crippen molar-refractivity contribution in [3.8, 4) is 11.4 Å². The first-order chi connectivity index (χ1) is 9.88. The van der Waals surface area contributed by atoms with E-state index in [1.165, 1.54) is 24.3 Å². The number of nitrogens with zero attached hydrogens (tertiary/aromatic N) is 2. The second-order valence-corrected chi connectivity index (χ2v) is 4.35. The third kappa shape index (κ3) is 3.11. The van der Waals surface area contributed by atoms with Crippen LogP contribution in [-0.4, -0.2) is 26.0 Å². The number of aromatic nitrogens is 2. The monoisotopic (exact) mass is 289 g/mol. The summed E-state index contributed by atoms with van der Waals surface area (Å²) in [6.07, 6.45) is -0.408. The summed E-state index contributed by atoms with van der Waals surface area (Å²) < 4.78 is 0.